The highest BCUT2D eigenvalue weighted by Gasteiger charge is 2.27. The van der Waals surface area contributed by atoms with E-state index in [1.54, 1.807) is 12.1 Å². The molecule has 0 bridgehead atoms. The molecule has 0 saturated carbocycles. The van der Waals surface area contributed by atoms with Crippen LogP contribution < -0.4 is 11.1 Å². The monoisotopic (exact) mass is 379 g/mol. The molecule has 1 aliphatic heterocycles. The number of hydrogen-bond donors (Lipinski definition) is 2. The first kappa shape index (κ1) is 19.4. The Bertz CT molecular complexity index is 786. The molecule has 134 valence electrons. The fraction of sp³-hybridized carbons (Fsp3) is 0.333. The van der Waals surface area contributed by atoms with Crippen molar-refractivity contribution in [1.29, 1.82) is 0 Å². The molecule has 2 heterocycles. The summed E-state index contributed by atoms with van der Waals surface area (Å²) in [6, 6.07) is 7.34. The van der Waals surface area contributed by atoms with Crippen molar-refractivity contribution in [1.82, 2.24) is 4.90 Å². The van der Waals surface area contributed by atoms with Gasteiger partial charge in [0.15, 0.2) is 0 Å². The van der Waals surface area contributed by atoms with Crippen molar-refractivity contribution in [2.45, 2.75) is 26.8 Å². The quantitative estimate of drug-likeness (QED) is 0.856. The number of aryl methyl sites for hydroxylation is 1. The van der Waals surface area contributed by atoms with E-state index in [9.17, 15) is 9.59 Å². The van der Waals surface area contributed by atoms with Gasteiger partial charge in [-0.3, -0.25) is 14.5 Å². The van der Waals surface area contributed by atoms with Crippen LogP contribution in [0.5, 0.6) is 0 Å². The number of nitrogens with zero attached hydrogens (tertiary/aromatic N) is 1. The topological polar surface area (TPSA) is 75.4 Å². The molecule has 0 radical (unpaired) electrons. The number of amides is 2. The zero-order chi connectivity index (χ0) is 17.3. The molecule has 5 nitrogen and oxygen atoms in total. The molecule has 0 unspecified atom stereocenters. The van der Waals surface area contributed by atoms with Crippen LogP contribution in [0.25, 0.3) is 0 Å². The third kappa shape index (κ3) is 4.03. The Kier molecular flexibility index (Phi) is 6.21. The van der Waals surface area contributed by atoms with Gasteiger partial charge < -0.3 is 11.1 Å². The summed E-state index contributed by atoms with van der Waals surface area (Å²) >= 11 is 1.46. The van der Waals surface area contributed by atoms with Crippen molar-refractivity contribution >= 4 is 40.6 Å². The molecule has 3 N–H and O–H groups in total. The molecule has 2 amide bonds. The fourth-order valence-corrected chi connectivity index (χ4v) is 4.25. The van der Waals surface area contributed by atoms with Crippen molar-refractivity contribution < 1.29 is 9.59 Å². The summed E-state index contributed by atoms with van der Waals surface area (Å²) < 4.78 is 0. The lowest BCUT2D eigenvalue weighted by molar-refractivity contribution is 0.1000. The Morgan fingerprint density at radius 2 is 1.96 bits per heavy atom. The van der Waals surface area contributed by atoms with Gasteiger partial charge in [0.2, 0.25) is 0 Å². The molecular weight excluding hydrogens is 358 g/mol. The molecule has 7 heteroatoms. The number of carbonyl (C=O) groups excluding carboxylic acids is 2. The maximum Gasteiger partial charge on any atom is 0.256 e. The highest BCUT2D eigenvalue weighted by Crippen LogP contribution is 2.37. The number of thiophene rings is 1. The SMILES string of the molecule is CCN1CCc2c(sc(NC(=O)c3ccc(C)cc3)c2C(N)=O)C1.Cl. The molecule has 0 aliphatic carbocycles. The third-order valence-electron chi connectivity index (χ3n) is 4.37. The van der Waals surface area contributed by atoms with Crippen LogP contribution in [0.4, 0.5) is 5.00 Å². The fourth-order valence-electron chi connectivity index (χ4n) is 2.96. The average Bonchev–Trinajstić information content (AvgIpc) is 2.92. The molecule has 0 saturated heterocycles. The lowest BCUT2D eigenvalue weighted by atomic mass is 10.0. The number of rotatable bonds is 4. The van der Waals surface area contributed by atoms with Gasteiger partial charge in [-0.25, -0.2) is 0 Å². The second kappa shape index (κ2) is 7.99. The molecule has 1 aromatic carbocycles. The number of halogens is 1. The summed E-state index contributed by atoms with van der Waals surface area (Å²) in [5.74, 6) is -0.694. The van der Waals surface area contributed by atoms with E-state index < -0.39 is 5.91 Å². The van der Waals surface area contributed by atoms with Crippen molar-refractivity contribution in [2.75, 3.05) is 18.4 Å². The largest absolute Gasteiger partial charge is 0.365 e. The summed E-state index contributed by atoms with van der Waals surface area (Å²) in [7, 11) is 0. The Morgan fingerprint density at radius 1 is 1.28 bits per heavy atom. The van der Waals surface area contributed by atoms with Gasteiger partial charge in [-0.05, 0) is 37.6 Å². The normalized spacial score (nSPS) is 13.7. The molecule has 0 atom stereocenters. The van der Waals surface area contributed by atoms with E-state index in [2.05, 4.69) is 17.1 Å². The van der Waals surface area contributed by atoms with Crippen LogP contribution in [0.2, 0.25) is 0 Å². The van der Waals surface area contributed by atoms with Crippen LogP contribution in [0.3, 0.4) is 0 Å². The van der Waals surface area contributed by atoms with E-state index in [4.69, 9.17) is 5.73 Å². The lowest BCUT2D eigenvalue weighted by Crippen LogP contribution is -2.30. The van der Waals surface area contributed by atoms with Crippen LogP contribution in [-0.4, -0.2) is 29.8 Å². The minimum Gasteiger partial charge on any atom is -0.365 e. The van der Waals surface area contributed by atoms with E-state index in [0.717, 1.165) is 42.1 Å². The Morgan fingerprint density at radius 3 is 2.56 bits per heavy atom. The second-order valence-corrected chi connectivity index (χ2v) is 7.12. The first-order valence-corrected chi connectivity index (χ1v) is 8.86. The number of benzene rings is 1. The molecule has 0 spiro atoms. The maximum absolute atomic E-state index is 12.5. The number of primary amides is 1. The van der Waals surface area contributed by atoms with Gasteiger partial charge in [-0.2, -0.15) is 0 Å². The van der Waals surface area contributed by atoms with E-state index in [1.807, 2.05) is 19.1 Å². The van der Waals surface area contributed by atoms with Crippen LogP contribution in [0, 0.1) is 6.92 Å². The van der Waals surface area contributed by atoms with Gasteiger partial charge in [0, 0.05) is 23.5 Å². The van der Waals surface area contributed by atoms with E-state index >= 15 is 0 Å². The first-order chi connectivity index (χ1) is 11.5. The first-order valence-electron chi connectivity index (χ1n) is 8.04. The van der Waals surface area contributed by atoms with Crippen molar-refractivity contribution in [2.24, 2.45) is 5.73 Å². The zero-order valence-corrected chi connectivity index (χ0v) is 15.9. The van der Waals surface area contributed by atoms with E-state index in [0.29, 0.717) is 16.1 Å². The molecule has 3 rings (SSSR count). The summed E-state index contributed by atoms with van der Waals surface area (Å²) in [4.78, 5) is 27.8. The van der Waals surface area contributed by atoms with Crippen molar-refractivity contribution in [3.8, 4) is 0 Å². The summed E-state index contributed by atoms with van der Waals surface area (Å²) in [5.41, 5.74) is 8.72. The molecule has 0 fully saturated rings. The number of likely N-dealkylation sites (N-methyl/N-ethyl adjacent to an activating group) is 1. The number of hydrogen-bond acceptors (Lipinski definition) is 4. The van der Waals surface area contributed by atoms with Crippen LogP contribution >= 0.6 is 23.7 Å². The number of fused-ring (bicyclic) bond motifs is 1. The minimum absolute atomic E-state index is 0. The van der Waals surface area contributed by atoms with Gasteiger partial charge >= 0.3 is 0 Å². The average molecular weight is 380 g/mol. The maximum atomic E-state index is 12.5. The molecular formula is C18H22ClN3O2S. The Balaban J connectivity index is 0.00000225. The minimum atomic E-state index is -0.475. The third-order valence-corrected chi connectivity index (χ3v) is 5.50. The second-order valence-electron chi connectivity index (χ2n) is 6.01. The van der Waals surface area contributed by atoms with Crippen molar-refractivity contribution in [3.05, 3.63) is 51.4 Å². The lowest BCUT2D eigenvalue weighted by Gasteiger charge is -2.25. The molecule has 1 aliphatic rings. The van der Waals surface area contributed by atoms with Gasteiger partial charge in [-0.15, -0.1) is 23.7 Å². The molecule has 1 aromatic heterocycles. The highest BCUT2D eigenvalue weighted by molar-refractivity contribution is 7.17. The van der Waals surface area contributed by atoms with Crippen LogP contribution in [0.1, 0.15) is 43.6 Å². The van der Waals surface area contributed by atoms with Gasteiger partial charge in [0.1, 0.15) is 5.00 Å². The standard InChI is InChI=1S/C18H21N3O2S.ClH/c1-3-21-9-8-13-14(10-21)24-18(15(13)16(19)22)20-17(23)12-6-4-11(2)5-7-12;/h4-7H,3,8-10H2,1-2H3,(H2,19,22)(H,20,23);1H. The smallest absolute Gasteiger partial charge is 0.256 e. The van der Waals surface area contributed by atoms with E-state index in [1.165, 1.54) is 11.3 Å². The summed E-state index contributed by atoms with van der Waals surface area (Å²) in [6.45, 7) is 6.77. The Labute approximate surface area is 157 Å². The number of carbonyl (C=O) groups is 2. The molecule has 2 aromatic rings. The Hall–Kier alpha value is -1.89. The van der Waals surface area contributed by atoms with Crippen LogP contribution in [-0.2, 0) is 13.0 Å². The van der Waals surface area contributed by atoms with Crippen molar-refractivity contribution in [3.63, 3.8) is 0 Å². The van der Waals surface area contributed by atoms with E-state index in [-0.39, 0.29) is 18.3 Å². The van der Waals surface area contributed by atoms with Gasteiger partial charge in [0.25, 0.3) is 11.8 Å². The predicted molar refractivity (Wildman–Crippen MR) is 104 cm³/mol. The summed E-state index contributed by atoms with van der Waals surface area (Å²) in [6.07, 6.45) is 0.790. The number of anilines is 1. The van der Waals surface area contributed by atoms with Gasteiger partial charge in [0.05, 0.1) is 5.56 Å². The molecule has 25 heavy (non-hydrogen) atoms. The van der Waals surface area contributed by atoms with Gasteiger partial charge in [-0.1, -0.05) is 24.6 Å². The predicted octanol–water partition coefficient (Wildman–Crippen LogP) is 3.21. The van der Waals surface area contributed by atoms with Crippen LogP contribution in [0.15, 0.2) is 24.3 Å². The zero-order valence-electron chi connectivity index (χ0n) is 14.3. The highest BCUT2D eigenvalue weighted by atomic mass is 35.5. The number of nitrogens with one attached hydrogen (secondary N) is 1. The number of nitrogens with two attached hydrogens (primary N) is 1. The summed E-state index contributed by atoms with van der Waals surface area (Å²) in [5, 5.41) is 3.44.